The summed E-state index contributed by atoms with van der Waals surface area (Å²) in [5.74, 6) is 1.59. The molecule has 0 radical (unpaired) electrons. The molecule has 1 aromatic carbocycles. The van der Waals surface area contributed by atoms with E-state index in [9.17, 15) is 9.90 Å². The Labute approximate surface area is 139 Å². The van der Waals surface area contributed by atoms with Crippen molar-refractivity contribution in [3.05, 3.63) is 41.5 Å². The number of hydrogen-bond donors (Lipinski definition) is 1. The largest absolute Gasteiger partial charge is 0.389 e. The van der Waals surface area contributed by atoms with Gasteiger partial charge < -0.3 is 10.0 Å². The molecule has 1 amide bonds. The van der Waals surface area contributed by atoms with E-state index in [1.807, 2.05) is 41.3 Å². The minimum atomic E-state index is -0.593. The van der Waals surface area contributed by atoms with Gasteiger partial charge in [-0.05, 0) is 42.7 Å². The molecule has 1 saturated carbocycles. The lowest BCUT2D eigenvalue weighted by Crippen LogP contribution is -2.30. The maximum Gasteiger partial charge on any atom is 0.226 e. The van der Waals surface area contributed by atoms with Crippen molar-refractivity contribution in [1.82, 2.24) is 4.90 Å². The minimum absolute atomic E-state index is 0.169. The number of rotatable bonds is 4. The van der Waals surface area contributed by atoms with Crippen molar-refractivity contribution in [2.24, 2.45) is 11.8 Å². The zero-order chi connectivity index (χ0) is 16.2. The molecular formula is C20H27NO2. The van der Waals surface area contributed by atoms with Crippen molar-refractivity contribution < 1.29 is 9.90 Å². The molecule has 2 aliphatic rings. The van der Waals surface area contributed by atoms with Crippen molar-refractivity contribution in [2.45, 2.75) is 45.1 Å². The van der Waals surface area contributed by atoms with Gasteiger partial charge in [0.25, 0.3) is 0 Å². The SMILES string of the molecule is CC(O)/C(=C\c1ccccc1)CC(=O)N1C[C@H]2CCCC[C@H]2C1. The first-order chi connectivity index (χ1) is 11.1. The van der Waals surface area contributed by atoms with Crippen LogP contribution in [-0.4, -0.2) is 35.1 Å². The normalized spacial score (nSPS) is 26.0. The van der Waals surface area contributed by atoms with E-state index in [4.69, 9.17) is 0 Å². The Morgan fingerprint density at radius 1 is 1.22 bits per heavy atom. The van der Waals surface area contributed by atoms with Gasteiger partial charge in [0.15, 0.2) is 0 Å². The van der Waals surface area contributed by atoms with Gasteiger partial charge in [0.2, 0.25) is 5.91 Å². The van der Waals surface area contributed by atoms with Crippen molar-refractivity contribution in [1.29, 1.82) is 0 Å². The summed E-state index contributed by atoms with van der Waals surface area (Å²) in [6.45, 7) is 3.58. The lowest BCUT2D eigenvalue weighted by Gasteiger charge is -2.22. The number of hydrogen-bond acceptors (Lipinski definition) is 2. The number of benzene rings is 1. The number of aliphatic hydroxyl groups is 1. The smallest absolute Gasteiger partial charge is 0.226 e. The Morgan fingerprint density at radius 3 is 2.39 bits per heavy atom. The highest BCUT2D eigenvalue weighted by Crippen LogP contribution is 2.36. The molecule has 124 valence electrons. The maximum atomic E-state index is 12.7. The first kappa shape index (κ1) is 16.3. The Bertz CT molecular complexity index is 550. The fourth-order valence-electron chi connectivity index (χ4n) is 3.98. The molecule has 1 aliphatic heterocycles. The van der Waals surface area contributed by atoms with Gasteiger partial charge in [-0.1, -0.05) is 49.2 Å². The monoisotopic (exact) mass is 313 g/mol. The third-order valence-electron chi connectivity index (χ3n) is 5.37. The summed E-state index contributed by atoms with van der Waals surface area (Å²) < 4.78 is 0. The fourth-order valence-corrected chi connectivity index (χ4v) is 3.98. The second kappa shape index (κ2) is 7.31. The highest BCUT2D eigenvalue weighted by molar-refractivity contribution is 5.80. The second-order valence-electron chi connectivity index (χ2n) is 7.09. The van der Waals surface area contributed by atoms with Gasteiger partial charge in [0, 0.05) is 13.1 Å². The lowest BCUT2D eigenvalue weighted by atomic mass is 9.82. The van der Waals surface area contributed by atoms with E-state index in [0.717, 1.165) is 24.2 Å². The quantitative estimate of drug-likeness (QED) is 0.924. The van der Waals surface area contributed by atoms with Crippen LogP contribution in [0.15, 0.2) is 35.9 Å². The number of carbonyl (C=O) groups is 1. The van der Waals surface area contributed by atoms with E-state index in [1.165, 1.54) is 25.7 Å². The van der Waals surface area contributed by atoms with Gasteiger partial charge in [0.1, 0.15) is 0 Å². The number of fused-ring (bicyclic) bond motifs is 1. The molecule has 3 atom stereocenters. The molecule has 0 spiro atoms. The van der Waals surface area contributed by atoms with Crippen molar-refractivity contribution in [3.63, 3.8) is 0 Å². The van der Waals surface area contributed by atoms with Crippen LogP contribution in [0.5, 0.6) is 0 Å². The number of likely N-dealkylation sites (tertiary alicyclic amines) is 1. The molecule has 0 aromatic heterocycles. The van der Waals surface area contributed by atoms with Crippen molar-refractivity contribution in [3.8, 4) is 0 Å². The Balaban J connectivity index is 1.66. The van der Waals surface area contributed by atoms with Crippen LogP contribution < -0.4 is 0 Å². The predicted molar refractivity (Wildman–Crippen MR) is 92.7 cm³/mol. The topological polar surface area (TPSA) is 40.5 Å². The Morgan fingerprint density at radius 2 is 1.83 bits per heavy atom. The first-order valence-corrected chi connectivity index (χ1v) is 8.85. The van der Waals surface area contributed by atoms with Crippen molar-refractivity contribution in [2.75, 3.05) is 13.1 Å². The van der Waals surface area contributed by atoms with Crippen LogP contribution in [-0.2, 0) is 4.79 Å². The highest BCUT2D eigenvalue weighted by Gasteiger charge is 2.36. The van der Waals surface area contributed by atoms with E-state index in [2.05, 4.69) is 0 Å². The van der Waals surface area contributed by atoms with E-state index < -0.39 is 6.10 Å². The van der Waals surface area contributed by atoms with Crippen LogP contribution in [0.25, 0.3) is 6.08 Å². The molecule has 1 heterocycles. The van der Waals surface area contributed by atoms with Gasteiger partial charge in [0.05, 0.1) is 12.5 Å². The third-order valence-corrected chi connectivity index (χ3v) is 5.37. The lowest BCUT2D eigenvalue weighted by molar-refractivity contribution is -0.129. The van der Waals surface area contributed by atoms with E-state index in [0.29, 0.717) is 18.3 Å². The molecule has 1 N–H and O–H groups in total. The van der Waals surface area contributed by atoms with Gasteiger partial charge in [-0.25, -0.2) is 0 Å². The van der Waals surface area contributed by atoms with Crippen LogP contribution in [0.2, 0.25) is 0 Å². The summed E-state index contributed by atoms with van der Waals surface area (Å²) in [6.07, 6.45) is 6.86. The van der Waals surface area contributed by atoms with Crippen molar-refractivity contribution >= 4 is 12.0 Å². The molecule has 23 heavy (non-hydrogen) atoms. The second-order valence-corrected chi connectivity index (χ2v) is 7.09. The van der Waals surface area contributed by atoms with Gasteiger partial charge in [-0.2, -0.15) is 0 Å². The molecule has 1 aromatic rings. The first-order valence-electron chi connectivity index (χ1n) is 8.85. The molecule has 1 unspecified atom stereocenters. The zero-order valence-corrected chi connectivity index (χ0v) is 13.9. The summed E-state index contributed by atoms with van der Waals surface area (Å²) in [5, 5.41) is 10.0. The number of aliphatic hydroxyl groups excluding tert-OH is 1. The molecule has 3 nitrogen and oxygen atoms in total. The van der Waals surface area contributed by atoms with Crippen LogP contribution >= 0.6 is 0 Å². The Hall–Kier alpha value is -1.61. The van der Waals surface area contributed by atoms with E-state index in [-0.39, 0.29) is 5.91 Å². The summed E-state index contributed by atoms with van der Waals surface area (Å²) in [4.78, 5) is 14.7. The molecule has 1 saturated heterocycles. The maximum absolute atomic E-state index is 12.7. The van der Waals surface area contributed by atoms with E-state index in [1.54, 1.807) is 6.92 Å². The third kappa shape index (κ3) is 4.03. The summed E-state index contributed by atoms with van der Waals surface area (Å²) in [7, 11) is 0. The highest BCUT2D eigenvalue weighted by atomic mass is 16.3. The molecule has 2 fully saturated rings. The predicted octanol–water partition coefficient (Wildman–Crippen LogP) is 3.49. The van der Waals surface area contributed by atoms with Crippen LogP contribution in [0.3, 0.4) is 0 Å². The summed E-state index contributed by atoms with van der Waals surface area (Å²) in [5.41, 5.74) is 1.84. The van der Waals surface area contributed by atoms with Gasteiger partial charge >= 0.3 is 0 Å². The van der Waals surface area contributed by atoms with E-state index >= 15 is 0 Å². The zero-order valence-electron chi connectivity index (χ0n) is 13.9. The Kier molecular flexibility index (Phi) is 5.16. The number of carbonyl (C=O) groups excluding carboxylic acids is 1. The van der Waals surface area contributed by atoms with Crippen LogP contribution in [0, 0.1) is 11.8 Å². The van der Waals surface area contributed by atoms with Crippen LogP contribution in [0.4, 0.5) is 0 Å². The molecular weight excluding hydrogens is 286 g/mol. The van der Waals surface area contributed by atoms with Crippen LogP contribution in [0.1, 0.15) is 44.6 Å². The number of nitrogens with zero attached hydrogens (tertiary/aromatic N) is 1. The minimum Gasteiger partial charge on any atom is -0.389 e. The summed E-state index contributed by atoms with van der Waals surface area (Å²) >= 11 is 0. The molecule has 1 aliphatic carbocycles. The number of amides is 1. The average molecular weight is 313 g/mol. The van der Waals surface area contributed by atoms with Gasteiger partial charge in [-0.15, -0.1) is 0 Å². The van der Waals surface area contributed by atoms with Gasteiger partial charge in [-0.3, -0.25) is 4.79 Å². The molecule has 0 bridgehead atoms. The molecule has 3 heteroatoms. The fraction of sp³-hybridized carbons (Fsp3) is 0.550. The summed E-state index contributed by atoms with van der Waals surface area (Å²) in [6, 6.07) is 9.90. The molecule has 3 rings (SSSR count). The standard InChI is InChI=1S/C20H27NO2/c1-15(22)19(11-16-7-3-2-4-8-16)12-20(23)21-13-17-9-5-6-10-18(17)14-21/h2-4,7-8,11,15,17-18,22H,5-6,9-10,12-14H2,1H3/b19-11-/t15?,17-,18+. The average Bonchev–Trinajstić information content (AvgIpc) is 2.99.